The molecule has 2 aromatic heterocycles. The minimum absolute atomic E-state index is 0.201. The summed E-state index contributed by atoms with van der Waals surface area (Å²) in [6.07, 6.45) is 1.28. The molecule has 0 radical (unpaired) electrons. The normalized spacial score (nSPS) is 10.9. The van der Waals surface area contributed by atoms with E-state index in [0.29, 0.717) is 11.5 Å². The number of rotatable bonds is 3. The molecule has 4 aromatic rings. The zero-order valence-corrected chi connectivity index (χ0v) is 14.3. The summed E-state index contributed by atoms with van der Waals surface area (Å²) in [6.45, 7) is 1.57. The summed E-state index contributed by atoms with van der Waals surface area (Å²) in [5.41, 5.74) is 0.943. The lowest BCUT2D eigenvalue weighted by Gasteiger charge is -2.08. The average molecular weight is 364 g/mol. The number of anilines is 1. The van der Waals surface area contributed by atoms with Gasteiger partial charge in [-0.3, -0.25) is 4.79 Å². The zero-order chi connectivity index (χ0) is 19.0. The predicted octanol–water partition coefficient (Wildman–Crippen LogP) is 4.26. The summed E-state index contributed by atoms with van der Waals surface area (Å²) >= 11 is 0. The van der Waals surface area contributed by atoms with Crippen molar-refractivity contribution in [1.29, 1.82) is 0 Å². The fourth-order valence-electron chi connectivity index (χ4n) is 2.87. The van der Waals surface area contributed by atoms with E-state index in [1.165, 1.54) is 12.3 Å². The lowest BCUT2D eigenvalue weighted by molar-refractivity contribution is 0.102. The summed E-state index contributed by atoms with van der Waals surface area (Å²) in [6, 6.07) is 14.6. The van der Waals surface area contributed by atoms with Gasteiger partial charge < -0.3 is 5.32 Å². The second kappa shape index (κ2) is 6.60. The van der Waals surface area contributed by atoms with Crippen molar-refractivity contribution in [2.24, 2.45) is 0 Å². The molecule has 134 valence electrons. The Labute approximate surface area is 153 Å². The van der Waals surface area contributed by atoms with Crippen molar-refractivity contribution in [3.05, 3.63) is 83.7 Å². The van der Waals surface area contributed by atoms with Crippen LogP contribution in [-0.4, -0.2) is 20.7 Å². The van der Waals surface area contributed by atoms with Gasteiger partial charge in [0.1, 0.15) is 11.5 Å². The van der Waals surface area contributed by atoms with E-state index in [9.17, 15) is 13.6 Å². The number of para-hydroxylation sites is 2. The van der Waals surface area contributed by atoms with Crippen molar-refractivity contribution < 1.29 is 13.6 Å². The van der Waals surface area contributed by atoms with E-state index in [0.717, 1.165) is 27.7 Å². The van der Waals surface area contributed by atoms with Crippen LogP contribution in [0.15, 0.2) is 60.8 Å². The highest BCUT2D eigenvalue weighted by Gasteiger charge is 2.19. The van der Waals surface area contributed by atoms with Crippen LogP contribution in [0.2, 0.25) is 0 Å². The Kier molecular flexibility index (Phi) is 4.12. The average Bonchev–Trinajstić information content (AvgIpc) is 3.03. The summed E-state index contributed by atoms with van der Waals surface area (Å²) < 4.78 is 29.1. The maximum atomic E-state index is 14.0. The van der Waals surface area contributed by atoms with E-state index in [2.05, 4.69) is 15.4 Å². The first kappa shape index (κ1) is 16.8. The van der Waals surface area contributed by atoms with Gasteiger partial charge in [0.05, 0.1) is 23.0 Å². The number of carbonyl (C=O) groups is 1. The van der Waals surface area contributed by atoms with Gasteiger partial charge in [0, 0.05) is 5.39 Å². The van der Waals surface area contributed by atoms with Gasteiger partial charge in [0.25, 0.3) is 5.91 Å². The molecule has 0 fully saturated rings. The van der Waals surface area contributed by atoms with E-state index >= 15 is 0 Å². The molecule has 0 atom stereocenters. The van der Waals surface area contributed by atoms with Gasteiger partial charge in [-0.2, -0.15) is 5.10 Å². The number of nitrogens with one attached hydrogen (secondary N) is 1. The van der Waals surface area contributed by atoms with E-state index < -0.39 is 17.5 Å². The fraction of sp³-hybridized carbons (Fsp3) is 0.0500. The predicted molar refractivity (Wildman–Crippen MR) is 97.9 cm³/mol. The van der Waals surface area contributed by atoms with Crippen LogP contribution >= 0.6 is 0 Å². The number of amides is 1. The number of hydrogen-bond donors (Lipinski definition) is 1. The van der Waals surface area contributed by atoms with Crippen molar-refractivity contribution in [3.8, 4) is 5.69 Å². The molecule has 0 saturated heterocycles. The third kappa shape index (κ3) is 3.03. The first-order valence-electron chi connectivity index (χ1n) is 8.21. The summed E-state index contributed by atoms with van der Waals surface area (Å²) in [5, 5.41) is 7.62. The van der Waals surface area contributed by atoms with E-state index in [1.807, 2.05) is 30.3 Å². The Morgan fingerprint density at radius 2 is 1.74 bits per heavy atom. The number of fused-ring (bicyclic) bond motifs is 1. The molecule has 0 spiro atoms. The largest absolute Gasteiger partial charge is 0.306 e. The monoisotopic (exact) mass is 364 g/mol. The highest BCUT2D eigenvalue weighted by atomic mass is 19.1. The highest BCUT2D eigenvalue weighted by Crippen LogP contribution is 2.21. The van der Waals surface area contributed by atoms with Gasteiger partial charge in [0.15, 0.2) is 11.6 Å². The van der Waals surface area contributed by atoms with Gasteiger partial charge in [-0.05, 0) is 37.3 Å². The third-order valence-corrected chi connectivity index (χ3v) is 4.24. The molecule has 0 aliphatic rings. The first-order valence-corrected chi connectivity index (χ1v) is 8.21. The van der Waals surface area contributed by atoms with Crippen molar-refractivity contribution >= 4 is 22.6 Å². The Morgan fingerprint density at radius 3 is 2.52 bits per heavy atom. The molecule has 27 heavy (non-hydrogen) atoms. The van der Waals surface area contributed by atoms with Crippen LogP contribution in [0.4, 0.5) is 14.6 Å². The number of carbonyl (C=O) groups excluding carboxylic acids is 1. The molecular formula is C20H14F2N4O. The van der Waals surface area contributed by atoms with Gasteiger partial charge in [-0.1, -0.05) is 24.3 Å². The SMILES string of the molecule is Cc1c(C(=O)Nc2ccc3ccccc3n2)cnn1-c1c(F)cccc1F. The first-order chi connectivity index (χ1) is 13.0. The van der Waals surface area contributed by atoms with Crippen LogP contribution in [0.3, 0.4) is 0 Å². The Balaban J connectivity index is 1.65. The van der Waals surface area contributed by atoms with Crippen LogP contribution in [0.25, 0.3) is 16.6 Å². The number of halogens is 2. The number of benzene rings is 2. The fourth-order valence-corrected chi connectivity index (χ4v) is 2.87. The molecule has 1 N–H and O–H groups in total. The van der Waals surface area contributed by atoms with Crippen molar-refractivity contribution in [1.82, 2.24) is 14.8 Å². The molecule has 4 rings (SSSR count). The summed E-state index contributed by atoms with van der Waals surface area (Å²) in [7, 11) is 0. The number of pyridine rings is 1. The maximum Gasteiger partial charge on any atom is 0.260 e. The van der Waals surface area contributed by atoms with Crippen LogP contribution < -0.4 is 5.32 Å². The number of hydrogen-bond acceptors (Lipinski definition) is 3. The third-order valence-electron chi connectivity index (χ3n) is 4.24. The molecule has 1 amide bonds. The van der Waals surface area contributed by atoms with Gasteiger partial charge >= 0.3 is 0 Å². The second-order valence-electron chi connectivity index (χ2n) is 5.97. The quantitative estimate of drug-likeness (QED) is 0.591. The second-order valence-corrected chi connectivity index (χ2v) is 5.97. The van der Waals surface area contributed by atoms with Gasteiger partial charge in [-0.15, -0.1) is 0 Å². The maximum absolute atomic E-state index is 14.0. The molecule has 2 heterocycles. The van der Waals surface area contributed by atoms with Crippen molar-refractivity contribution in [2.45, 2.75) is 6.92 Å². The minimum Gasteiger partial charge on any atom is -0.306 e. The van der Waals surface area contributed by atoms with Gasteiger partial charge in [0.2, 0.25) is 0 Å². The Hall–Kier alpha value is -3.61. The molecular weight excluding hydrogens is 350 g/mol. The Bertz CT molecular complexity index is 1150. The van der Waals surface area contributed by atoms with E-state index in [4.69, 9.17) is 0 Å². The van der Waals surface area contributed by atoms with Crippen LogP contribution in [0, 0.1) is 18.6 Å². The van der Waals surface area contributed by atoms with Crippen molar-refractivity contribution in [2.75, 3.05) is 5.32 Å². The Morgan fingerprint density at radius 1 is 1.00 bits per heavy atom. The highest BCUT2D eigenvalue weighted by molar-refractivity contribution is 6.04. The molecule has 0 saturated carbocycles. The summed E-state index contributed by atoms with van der Waals surface area (Å²) in [4.78, 5) is 17.0. The summed E-state index contributed by atoms with van der Waals surface area (Å²) in [5.74, 6) is -1.60. The lowest BCUT2D eigenvalue weighted by Crippen LogP contribution is -2.14. The molecule has 0 bridgehead atoms. The molecule has 0 unspecified atom stereocenters. The molecule has 0 aliphatic heterocycles. The molecule has 0 aliphatic carbocycles. The molecule has 2 aromatic carbocycles. The van der Waals surface area contributed by atoms with E-state index in [-0.39, 0.29) is 11.3 Å². The zero-order valence-electron chi connectivity index (χ0n) is 14.3. The molecule has 7 heteroatoms. The van der Waals surface area contributed by atoms with Crippen molar-refractivity contribution in [3.63, 3.8) is 0 Å². The van der Waals surface area contributed by atoms with E-state index in [1.54, 1.807) is 13.0 Å². The number of aromatic nitrogens is 3. The number of nitrogens with zero attached hydrogens (tertiary/aromatic N) is 3. The van der Waals surface area contributed by atoms with Crippen LogP contribution in [-0.2, 0) is 0 Å². The lowest BCUT2D eigenvalue weighted by atomic mass is 10.2. The topological polar surface area (TPSA) is 59.8 Å². The van der Waals surface area contributed by atoms with Crippen LogP contribution in [0.5, 0.6) is 0 Å². The minimum atomic E-state index is -0.760. The standard InChI is InChI=1S/C20H14F2N4O/c1-12-14(11-23-26(12)19-15(21)6-4-7-16(19)22)20(27)25-18-10-9-13-5-2-3-8-17(13)24-18/h2-11H,1H3,(H,24,25,27). The molecule has 5 nitrogen and oxygen atoms in total. The smallest absolute Gasteiger partial charge is 0.260 e. The van der Waals surface area contributed by atoms with Gasteiger partial charge in [-0.25, -0.2) is 18.4 Å². The van der Waals surface area contributed by atoms with Crippen LogP contribution in [0.1, 0.15) is 16.1 Å².